The Morgan fingerprint density at radius 3 is 2.27 bits per heavy atom. The second kappa shape index (κ2) is 3.92. The van der Waals surface area contributed by atoms with Gasteiger partial charge in [0.15, 0.2) is 0 Å². The van der Waals surface area contributed by atoms with Gasteiger partial charge in [-0.05, 0) is 11.0 Å². The molecule has 1 rings (SSSR count). The molecule has 0 amide bonds. The average Bonchev–Trinajstić information content (AvgIpc) is 2.05. The molecular weight excluding hydrogens is 250 g/mol. The second-order valence-corrected chi connectivity index (χ2v) is 3.39. The lowest BCUT2D eigenvalue weighted by molar-refractivity contribution is 0.612. The molecule has 56 valence electrons. The summed E-state index contributed by atoms with van der Waals surface area (Å²) in [4.78, 5) is 0. The molecule has 0 radical (unpaired) electrons. The van der Waals surface area contributed by atoms with Crippen LogP contribution >= 0.6 is 22.4 Å². The van der Waals surface area contributed by atoms with Crippen molar-refractivity contribution in [3.63, 3.8) is 0 Å². The predicted molar refractivity (Wildman–Crippen MR) is 58.2 cm³/mol. The molecule has 0 aromatic heterocycles. The molecule has 0 aliphatic rings. The second-order valence-electron chi connectivity index (χ2n) is 2.21. The van der Waals surface area contributed by atoms with E-state index in [-0.39, 0.29) is 0 Å². The highest BCUT2D eigenvalue weighted by Gasteiger charge is 2.06. The molecule has 0 heterocycles. The molecule has 1 aromatic carbocycles. The first-order valence-corrected chi connectivity index (χ1v) is 4.53. The number of hydrogen-bond acceptors (Lipinski definition) is 1. The van der Waals surface area contributed by atoms with Crippen molar-refractivity contribution in [2.45, 2.75) is 0 Å². The molecule has 0 fully saturated rings. The van der Waals surface area contributed by atoms with E-state index in [4.69, 9.17) is 5.02 Å². The van der Waals surface area contributed by atoms with Crippen LogP contribution in [0.2, 0.25) is 0 Å². The quantitative estimate of drug-likeness (QED) is 0.628. The van der Waals surface area contributed by atoms with Crippen LogP contribution in [-0.4, -0.2) is 9.80 Å². The number of halogens is 1. The standard InChI is InChI=1S/C8H8BIO/c1-2-7-3-5-8(6-4-7)9(10)11/h2-6,11H,1H2. The molecule has 0 spiro atoms. The molecule has 1 nitrogen and oxygen atoms in total. The fraction of sp³-hybridized carbons (Fsp3) is 0. The molecule has 0 saturated heterocycles. The van der Waals surface area contributed by atoms with Crippen LogP contribution in [0.25, 0.3) is 6.08 Å². The summed E-state index contributed by atoms with van der Waals surface area (Å²) < 4.78 is -0.411. The van der Waals surface area contributed by atoms with Gasteiger partial charge in [-0.15, -0.1) is 22.4 Å². The maximum absolute atomic E-state index is 9.15. The van der Waals surface area contributed by atoms with Crippen LogP contribution in [0.4, 0.5) is 0 Å². The molecule has 0 saturated carbocycles. The lowest BCUT2D eigenvalue weighted by atomic mass is 9.88. The van der Waals surface area contributed by atoms with Gasteiger partial charge in [0, 0.05) is 0 Å². The third-order valence-corrected chi connectivity index (χ3v) is 2.17. The highest BCUT2D eigenvalue weighted by atomic mass is 127. The molecule has 0 aliphatic heterocycles. The van der Waals surface area contributed by atoms with E-state index < -0.39 is 4.77 Å². The first kappa shape index (κ1) is 8.81. The maximum Gasteiger partial charge on any atom is 0.397 e. The lowest BCUT2D eigenvalue weighted by Gasteiger charge is -1.98. The Labute approximate surface area is 80.1 Å². The van der Waals surface area contributed by atoms with Crippen molar-refractivity contribution in [1.29, 1.82) is 0 Å². The van der Waals surface area contributed by atoms with Crippen molar-refractivity contribution in [3.8, 4) is 0 Å². The third-order valence-electron chi connectivity index (χ3n) is 1.45. The largest absolute Gasteiger partial charge is 0.438 e. The number of hydrogen-bond donors (Lipinski definition) is 1. The van der Waals surface area contributed by atoms with E-state index in [1.807, 2.05) is 46.6 Å². The third kappa shape index (κ3) is 2.34. The molecule has 3 heteroatoms. The van der Waals surface area contributed by atoms with E-state index in [2.05, 4.69) is 6.58 Å². The number of benzene rings is 1. The topological polar surface area (TPSA) is 20.2 Å². The van der Waals surface area contributed by atoms with Gasteiger partial charge in [-0.3, -0.25) is 0 Å². The maximum atomic E-state index is 9.15. The van der Waals surface area contributed by atoms with Crippen LogP contribution in [0.3, 0.4) is 0 Å². The first-order valence-electron chi connectivity index (χ1n) is 3.28. The summed E-state index contributed by atoms with van der Waals surface area (Å²) in [6, 6.07) is 7.66. The smallest absolute Gasteiger partial charge is 0.397 e. The monoisotopic (exact) mass is 258 g/mol. The van der Waals surface area contributed by atoms with E-state index in [1.54, 1.807) is 6.08 Å². The summed E-state index contributed by atoms with van der Waals surface area (Å²) in [7, 11) is 0. The summed E-state index contributed by atoms with van der Waals surface area (Å²) in [5, 5.41) is 9.15. The normalized spacial score (nSPS) is 9.27. The summed E-state index contributed by atoms with van der Waals surface area (Å²) in [6.07, 6.45) is 1.78. The summed E-state index contributed by atoms with van der Waals surface area (Å²) in [5.41, 5.74) is 2.00. The fourth-order valence-corrected chi connectivity index (χ4v) is 1.21. The minimum absolute atomic E-state index is 0.411. The van der Waals surface area contributed by atoms with Gasteiger partial charge in [-0.2, -0.15) is 0 Å². The van der Waals surface area contributed by atoms with Gasteiger partial charge in [0.2, 0.25) is 0 Å². The molecular formula is C8H8BIO. The van der Waals surface area contributed by atoms with Gasteiger partial charge < -0.3 is 5.02 Å². The van der Waals surface area contributed by atoms with Crippen LogP contribution in [0, 0.1) is 0 Å². The molecule has 0 atom stereocenters. The average molecular weight is 258 g/mol. The SMILES string of the molecule is C=Cc1ccc(B(O)I)cc1. The van der Waals surface area contributed by atoms with Gasteiger partial charge >= 0.3 is 4.77 Å². The van der Waals surface area contributed by atoms with Crippen molar-refractivity contribution < 1.29 is 5.02 Å². The Kier molecular flexibility index (Phi) is 3.14. The molecule has 11 heavy (non-hydrogen) atoms. The summed E-state index contributed by atoms with van der Waals surface area (Å²) in [5.74, 6) is 0. The van der Waals surface area contributed by atoms with Gasteiger partial charge in [0.05, 0.1) is 0 Å². The summed E-state index contributed by atoms with van der Waals surface area (Å²) in [6.45, 7) is 3.64. The lowest BCUT2D eigenvalue weighted by Crippen LogP contribution is -2.22. The van der Waals surface area contributed by atoms with Crippen LogP contribution < -0.4 is 5.46 Å². The fourth-order valence-electron chi connectivity index (χ4n) is 0.791. The van der Waals surface area contributed by atoms with Crippen molar-refractivity contribution in [1.82, 2.24) is 0 Å². The number of rotatable bonds is 2. The van der Waals surface area contributed by atoms with E-state index in [0.717, 1.165) is 11.0 Å². The zero-order valence-corrected chi connectivity index (χ0v) is 8.15. The van der Waals surface area contributed by atoms with E-state index in [1.165, 1.54) is 0 Å². The van der Waals surface area contributed by atoms with Crippen molar-refractivity contribution >= 4 is 38.7 Å². The highest BCUT2D eigenvalue weighted by molar-refractivity contribution is 14.1. The minimum atomic E-state index is -0.411. The Morgan fingerprint density at radius 2 is 1.91 bits per heavy atom. The highest BCUT2D eigenvalue weighted by Crippen LogP contribution is 2.00. The van der Waals surface area contributed by atoms with Crippen LogP contribution in [-0.2, 0) is 0 Å². The Bertz CT molecular complexity index is 243. The Morgan fingerprint density at radius 1 is 1.36 bits per heavy atom. The van der Waals surface area contributed by atoms with Crippen LogP contribution in [0.5, 0.6) is 0 Å². The Balaban J connectivity index is 2.91. The van der Waals surface area contributed by atoms with Gasteiger partial charge in [0.25, 0.3) is 0 Å². The van der Waals surface area contributed by atoms with Crippen molar-refractivity contribution in [2.24, 2.45) is 0 Å². The first-order chi connectivity index (χ1) is 5.24. The molecule has 0 unspecified atom stereocenters. The predicted octanol–water partition coefficient (Wildman–Crippen LogP) is 1.45. The molecule has 1 aromatic rings. The zero-order chi connectivity index (χ0) is 8.27. The molecule has 0 aliphatic carbocycles. The van der Waals surface area contributed by atoms with E-state index in [0.29, 0.717) is 0 Å². The van der Waals surface area contributed by atoms with Crippen LogP contribution in [0.1, 0.15) is 5.56 Å². The molecule has 0 bridgehead atoms. The van der Waals surface area contributed by atoms with Gasteiger partial charge in [-0.1, -0.05) is 36.9 Å². The van der Waals surface area contributed by atoms with E-state index in [9.17, 15) is 0 Å². The minimum Gasteiger partial charge on any atom is -0.438 e. The van der Waals surface area contributed by atoms with E-state index >= 15 is 0 Å². The Hall–Kier alpha value is -0.285. The van der Waals surface area contributed by atoms with Crippen molar-refractivity contribution in [3.05, 3.63) is 36.4 Å². The molecule has 1 N–H and O–H groups in total. The summed E-state index contributed by atoms with van der Waals surface area (Å²) >= 11 is 1.96. The van der Waals surface area contributed by atoms with Gasteiger partial charge in [-0.25, -0.2) is 0 Å². The van der Waals surface area contributed by atoms with Crippen molar-refractivity contribution in [2.75, 3.05) is 0 Å². The zero-order valence-electron chi connectivity index (χ0n) is 6.00. The van der Waals surface area contributed by atoms with Gasteiger partial charge in [0.1, 0.15) is 0 Å². The van der Waals surface area contributed by atoms with Crippen LogP contribution in [0.15, 0.2) is 30.8 Å².